The van der Waals surface area contributed by atoms with Crippen LogP contribution < -0.4 is 0 Å². The standard InChI is InChI=1S/C22H23N3/c1-14-4-5-21-19(8-14)20-13-24(3)11-17-9-16(12-25(21)22(17)20)18-6-7-23-10-15(18)2/h4-10,17H,11-13H2,1-3H3. The van der Waals surface area contributed by atoms with E-state index in [2.05, 4.69) is 65.7 Å². The lowest BCUT2D eigenvalue weighted by atomic mass is 9.88. The number of hydrogen-bond donors (Lipinski definition) is 0. The molecule has 1 unspecified atom stereocenters. The predicted octanol–water partition coefficient (Wildman–Crippen LogP) is 4.28. The number of allylic oxidation sites excluding steroid dienone is 1. The van der Waals surface area contributed by atoms with Crippen molar-refractivity contribution in [3.8, 4) is 0 Å². The molecule has 3 aromatic rings. The molecular formula is C22H23N3. The van der Waals surface area contributed by atoms with Crippen molar-refractivity contribution >= 4 is 16.5 Å². The molecule has 0 bridgehead atoms. The molecule has 2 aliphatic heterocycles. The highest BCUT2D eigenvalue weighted by molar-refractivity contribution is 5.88. The average molecular weight is 329 g/mol. The molecule has 126 valence electrons. The molecule has 0 amide bonds. The van der Waals surface area contributed by atoms with Gasteiger partial charge in [0.15, 0.2) is 0 Å². The molecule has 3 heteroatoms. The van der Waals surface area contributed by atoms with Crippen LogP contribution in [0.15, 0.2) is 42.7 Å². The van der Waals surface area contributed by atoms with Gasteiger partial charge in [0.1, 0.15) is 0 Å². The van der Waals surface area contributed by atoms with E-state index in [0.29, 0.717) is 5.92 Å². The second-order valence-electron chi connectivity index (χ2n) is 7.66. The first-order valence-corrected chi connectivity index (χ1v) is 9.03. The number of hydrogen-bond acceptors (Lipinski definition) is 2. The summed E-state index contributed by atoms with van der Waals surface area (Å²) in [5.41, 5.74) is 9.81. The lowest BCUT2D eigenvalue weighted by Gasteiger charge is -2.34. The molecule has 0 spiro atoms. The van der Waals surface area contributed by atoms with Crippen molar-refractivity contribution in [1.29, 1.82) is 0 Å². The maximum absolute atomic E-state index is 4.27. The largest absolute Gasteiger partial charge is 0.339 e. The lowest BCUT2D eigenvalue weighted by Crippen LogP contribution is -2.32. The Morgan fingerprint density at radius 1 is 1.12 bits per heavy atom. The van der Waals surface area contributed by atoms with Crippen LogP contribution in [0.1, 0.15) is 33.9 Å². The van der Waals surface area contributed by atoms with E-state index in [1.165, 1.54) is 44.4 Å². The summed E-state index contributed by atoms with van der Waals surface area (Å²) in [7, 11) is 2.24. The van der Waals surface area contributed by atoms with Crippen molar-refractivity contribution in [2.24, 2.45) is 0 Å². The molecule has 1 aromatic carbocycles. The molecule has 25 heavy (non-hydrogen) atoms. The summed E-state index contributed by atoms with van der Waals surface area (Å²) in [6.07, 6.45) is 6.39. The fraction of sp³-hybridized carbons (Fsp3) is 0.318. The van der Waals surface area contributed by atoms with Crippen molar-refractivity contribution in [1.82, 2.24) is 14.5 Å². The van der Waals surface area contributed by atoms with E-state index in [9.17, 15) is 0 Å². The topological polar surface area (TPSA) is 21.1 Å². The monoisotopic (exact) mass is 329 g/mol. The van der Waals surface area contributed by atoms with Gasteiger partial charge in [0.25, 0.3) is 0 Å². The van der Waals surface area contributed by atoms with Crippen molar-refractivity contribution in [3.05, 3.63) is 70.7 Å². The predicted molar refractivity (Wildman–Crippen MR) is 103 cm³/mol. The van der Waals surface area contributed by atoms with Crippen LogP contribution >= 0.6 is 0 Å². The molecule has 4 heterocycles. The van der Waals surface area contributed by atoms with Gasteiger partial charge in [-0.15, -0.1) is 0 Å². The van der Waals surface area contributed by atoms with Crippen molar-refractivity contribution in [2.45, 2.75) is 32.9 Å². The minimum atomic E-state index is 0.470. The fourth-order valence-electron chi connectivity index (χ4n) is 4.68. The zero-order chi connectivity index (χ0) is 17.1. The number of aryl methyl sites for hydroxylation is 2. The molecule has 0 aliphatic carbocycles. The smallest absolute Gasteiger partial charge is 0.0489 e. The van der Waals surface area contributed by atoms with Gasteiger partial charge in [-0.1, -0.05) is 17.7 Å². The third kappa shape index (κ3) is 2.19. The Bertz CT molecular complexity index is 1030. The summed E-state index contributed by atoms with van der Waals surface area (Å²) in [6.45, 7) is 7.46. The van der Waals surface area contributed by atoms with Gasteiger partial charge in [-0.05, 0) is 61.4 Å². The fourth-order valence-corrected chi connectivity index (χ4v) is 4.68. The summed E-state index contributed by atoms with van der Waals surface area (Å²) in [6, 6.07) is 9.08. The highest BCUT2D eigenvalue weighted by Gasteiger charge is 2.32. The van der Waals surface area contributed by atoms with Crippen molar-refractivity contribution in [3.63, 3.8) is 0 Å². The first-order chi connectivity index (χ1) is 12.1. The number of pyridine rings is 1. The van der Waals surface area contributed by atoms with E-state index in [-0.39, 0.29) is 0 Å². The van der Waals surface area contributed by atoms with Gasteiger partial charge in [-0.3, -0.25) is 4.98 Å². The van der Waals surface area contributed by atoms with E-state index in [1.807, 2.05) is 12.4 Å². The number of fused-ring (bicyclic) bond motifs is 3. The Hall–Kier alpha value is -2.39. The van der Waals surface area contributed by atoms with Gasteiger partial charge in [0, 0.05) is 54.5 Å². The van der Waals surface area contributed by atoms with E-state index in [1.54, 1.807) is 0 Å². The molecule has 0 saturated carbocycles. The summed E-state index contributed by atoms with van der Waals surface area (Å²) >= 11 is 0. The highest BCUT2D eigenvalue weighted by Crippen LogP contribution is 2.42. The van der Waals surface area contributed by atoms with E-state index in [4.69, 9.17) is 0 Å². The maximum Gasteiger partial charge on any atom is 0.0489 e. The Morgan fingerprint density at radius 3 is 2.84 bits per heavy atom. The van der Waals surface area contributed by atoms with Crippen LogP contribution in [0.5, 0.6) is 0 Å². The molecular weight excluding hydrogens is 306 g/mol. The van der Waals surface area contributed by atoms with Gasteiger partial charge >= 0.3 is 0 Å². The van der Waals surface area contributed by atoms with Gasteiger partial charge in [-0.2, -0.15) is 0 Å². The third-order valence-electron chi connectivity index (χ3n) is 5.75. The van der Waals surface area contributed by atoms with E-state index in [0.717, 1.165) is 19.6 Å². The summed E-state index contributed by atoms with van der Waals surface area (Å²) in [5.74, 6) is 0.470. The molecule has 0 fully saturated rings. The Balaban J connectivity index is 1.75. The molecule has 3 nitrogen and oxygen atoms in total. The second kappa shape index (κ2) is 5.30. The van der Waals surface area contributed by atoms with E-state index < -0.39 is 0 Å². The van der Waals surface area contributed by atoms with Crippen molar-refractivity contribution < 1.29 is 0 Å². The molecule has 0 N–H and O–H groups in total. The summed E-state index contributed by atoms with van der Waals surface area (Å²) < 4.78 is 2.57. The van der Waals surface area contributed by atoms with Gasteiger partial charge in [-0.25, -0.2) is 0 Å². The number of aromatic nitrogens is 2. The highest BCUT2D eigenvalue weighted by atomic mass is 15.1. The van der Waals surface area contributed by atoms with Gasteiger partial charge in [0.2, 0.25) is 0 Å². The number of benzene rings is 1. The Labute approximate surface area is 148 Å². The van der Waals surface area contributed by atoms with Gasteiger partial charge < -0.3 is 9.47 Å². The molecule has 2 aromatic heterocycles. The number of likely N-dealkylation sites (N-methyl/N-ethyl adjacent to an activating group) is 1. The molecule has 0 saturated heterocycles. The molecule has 1 atom stereocenters. The van der Waals surface area contributed by atoms with Crippen LogP contribution in [-0.2, 0) is 13.1 Å². The van der Waals surface area contributed by atoms with E-state index >= 15 is 0 Å². The van der Waals surface area contributed by atoms with Crippen LogP contribution in [-0.4, -0.2) is 28.0 Å². The Morgan fingerprint density at radius 2 is 2.00 bits per heavy atom. The van der Waals surface area contributed by atoms with Gasteiger partial charge in [0.05, 0.1) is 0 Å². The first-order valence-electron chi connectivity index (χ1n) is 9.03. The van der Waals surface area contributed by atoms with Crippen LogP contribution in [0, 0.1) is 13.8 Å². The summed E-state index contributed by atoms with van der Waals surface area (Å²) in [4.78, 5) is 6.72. The zero-order valence-corrected chi connectivity index (χ0v) is 15.1. The van der Waals surface area contributed by atoms with Crippen LogP contribution in [0.4, 0.5) is 0 Å². The minimum Gasteiger partial charge on any atom is -0.339 e. The maximum atomic E-state index is 4.27. The third-order valence-corrected chi connectivity index (χ3v) is 5.75. The number of nitrogens with zero attached hydrogens (tertiary/aromatic N) is 3. The Kier molecular flexibility index (Phi) is 3.16. The SMILES string of the molecule is Cc1ccc2c(c1)c1c3n2CC(c2ccncc2C)=CC3CN(C)C1. The molecule has 5 rings (SSSR count). The average Bonchev–Trinajstić information content (AvgIpc) is 2.89. The first kappa shape index (κ1) is 14.9. The zero-order valence-electron chi connectivity index (χ0n) is 15.1. The second-order valence-corrected chi connectivity index (χ2v) is 7.66. The number of rotatable bonds is 1. The van der Waals surface area contributed by atoms with Crippen LogP contribution in [0.3, 0.4) is 0 Å². The molecule has 2 aliphatic rings. The van der Waals surface area contributed by atoms with Crippen LogP contribution in [0.2, 0.25) is 0 Å². The lowest BCUT2D eigenvalue weighted by molar-refractivity contribution is 0.292. The quantitative estimate of drug-likeness (QED) is 0.664. The molecule has 0 radical (unpaired) electrons. The minimum absolute atomic E-state index is 0.470. The van der Waals surface area contributed by atoms with Crippen molar-refractivity contribution in [2.75, 3.05) is 13.6 Å². The van der Waals surface area contributed by atoms with Crippen LogP contribution in [0.25, 0.3) is 16.5 Å². The summed E-state index contributed by atoms with van der Waals surface area (Å²) in [5, 5.41) is 1.44. The normalized spacial score (nSPS) is 19.8.